The maximum atomic E-state index is 15.4. The molecule has 0 aliphatic carbocycles. The molecule has 2 heterocycles. The molecule has 0 bridgehead atoms. The Morgan fingerprint density at radius 2 is 1.92 bits per heavy atom. The molecule has 0 radical (unpaired) electrons. The van der Waals surface area contributed by atoms with Crippen molar-refractivity contribution in [2.24, 2.45) is 0 Å². The van der Waals surface area contributed by atoms with Crippen LogP contribution in [0, 0.1) is 11.6 Å². The Hall–Kier alpha value is -3.81. The maximum absolute atomic E-state index is 15.4. The zero-order chi connectivity index (χ0) is 26.6. The second kappa shape index (κ2) is 10.8. The minimum absolute atomic E-state index is 0.0544. The number of halogens is 2. The number of carbonyl (C=O) groups excluding carboxylic acids is 1. The van der Waals surface area contributed by atoms with Gasteiger partial charge in [0.05, 0.1) is 30.3 Å². The van der Waals surface area contributed by atoms with Crippen molar-refractivity contribution in [3.8, 4) is 22.5 Å². The molecule has 3 aromatic rings. The molecule has 2 aromatic heterocycles. The van der Waals surface area contributed by atoms with Crippen molar-refractivity contribution < 1.29 is 26.7 Å². The fourth-order valence-electron chi connectivity index (χ4n) is 3.23. The number of hydrogen-bond donors (Lipinski definition) is 3. The topological polar surface area (TPSA) is 140 Å². The van der Waals surface area contributed by atoms with Gasteiger partial charge >= 0.3 is 6.09 Å². The molecule has 0 aliphatic heterocycles. The van der Waals surface area contributed by atoms with Crippen LogP contribution in [0.15, 0.2) is 30.6 Å². The molecule has 0 fully saturated rings. The average molecular weight is 524 g/mol. The quantitative estimate of drug-likeness (QED) is 0.388. The van der Waals surface area contributed by atoms with E-state index in [0.717, 1.165) is 18.4 Å². The number of nitrogens with zero attached hydrogens (tertiary/aromatic N) is 4. The molecule has 194 valence electrons. The van der Waals surface area contributed by atoms with Crippen LogP contribution in [-0.4, -0.2) is 60.2 Å². The minimum atomic E-state index is -3.81. The Bertz CT molecular complexity index is 1360. The number of aromatic nitrogens is 4. The van der Waals surface area contributed by atoms with E-state index in [4.69, 9.17) is 0 Å². The first kappa shape index (κ1) is 26.8. The Morgan fingerprint density at radius 1 is 1.19 bits per heavy atom. The van der Waals surface area contributed by atoms with E-state index < -0.39 is 39.0 Å². The highest BCUT2D eigenvalue weighted by atomic mass is 32.2. The number of nitrogens with one attached hydrogen (secondary N) is 3. The molecule has 0 aliphatic rings. The van der Waals surface area contributed by atoms with Crippen LogP contribution < -0.4 is 15.4 Å². The lowest BCUT2D eigenvalue weighted by Gasteiger charge is -2.14. The Labute approximate surface area is 207 Å². The molecule has 0 saturated carbocycles. The van der Waals surface area contributed by atoms with Gasteiger partial charge in [-0.15, -0.1) is 0 Å². The fourth-order valence-corrected chi connectivity index (χ4v) is 3.78. The lowest BCUT2D eigenvalue weighted by atomic mass is 10.0. The van der Waals surface area contributed by atoms with Gasteiger partial charge in [0.25, 0.3) is 0 Å². The number of amides is 1. The smallest absolute Gasteiger partial charge is 0.407 e. The highest BCUT2D eigenvalue weighted by Gasteiger charge is 2.25. The molecular weight excluding hydrogens is 496 g/mol. The van der Waals surface area contributed by atoms with Gasteiger partial charge < -0.3 is 15.4 Å². The third-order valence-electron chi connectivity index (χ3n) is 4.93. The highest BCUT2D eigenvalue weighted by Crippen LogP contribution is 2.36. The standard InChI is InChI=1S/C22H27F2N7O4S/c1-12(2)31-11-14(16-8-9-25-21(28-16)26-10-13(3)27-22(32)35-4)20(29-31)18-15(23)6-7-17(19(18)24)30-36(5,33)34/h6-9,11-13,30H,10H2,1-5H3,(H,27,32)(H,25,26,28)/t13-/m0/s1. The number of alkyl carbamates (subject to hydrolysis) is 1. The zero-order valence-corrected chi connectivity index (χ0v) is 21.2. The SMILES string of the molecule is COC(=O)N[C@@H](C)CNc1nccc(-c2cn(C(C)C)nc2-c2c(F)ccc(NS(C)(=O)=O)c2F)n1. The number of sulfonamides is 1. The van der Waals surface area contributed by atoms with E-state index >= 15 is 4.39 Å². The van der Waals surface area contributed by atoms with E-state index in [1.54, 1.807) is 19.2 Å². The van der Waals surface area contributed by atoms with Crippen LogP contribution in [-0.2, 0) is 14.8 Å². The monoisotopic (exact) mass is 523 g/mol. The number of anilines is 2. The average Bonchev–Trinajstić information content (AvgIpc) is 3.24. The van der Waals surface area contributed by atoms with Gasteiger partial charge in [-0.3, -0.25) is 9.40 Å². The molecule has 1 amide bonds. The molecule has 3 N–H and O–H groups in total. The summed E-state index contributed by atoms with van der Waals surface area (Å²) in [5, 5.41) is 9.97. The molecule has 36 heavy (non-hydrogen) atoms. The van der Waals surface area contributed by atoms with Crippen molar-refractivity contribution in [2.45, 2.75) is 32.9 Å². The van der Waals surface area contributed by atoms with Gasteiger partial charge in [-0.1, -0.05) is 0 Å². The number of benzene rings is 1. The highest BCUT2D eigenvalue weighted by molar-refractivity contribution is 7.92. The van der Waals surface area contributed by atoms with Gasteiger partial charge in [-0.2, -0.15) is 5.10 Å². The number of rotatable bonds is 9. The molecule has 0 saturated heterocycles. The van der Waals surface area contributed by atoms with Crippen molar-refractivity contribution in [1.82, 2.24) is 25.1 Å². The van der Waals surface area contributed by atoms with Crippen molar-refractivity contribution in [2.75, 3.05) is 29.9 Å². The van der Waals surface area contributed by atoms with E-state index in [-0.39, 0.29) is 30.3 Å². The summed E-state index contributed by atoms with van der Waals surface area (Å²) in [5.41, 5.74) is -0.327. The van der Waals surface area contributed by atoms with Crippen LogP contribution in [0.25, 0.3) is 22.5 Å². The van der Waals surface area contributed by atoms with E-state index in [1.807, 2.05) is 13.8 Å². The van der Waals surface area contributed by atoms with Crippen LogP contribution in [0.3, 0.4) is 0 Å². The first-order chi connectivity index (χ1) is 16.9. The fraction of sp³-hybridized carbons (Fsp3) is 0.364. The number of methoxy groups -OCH3 is 1. The van der Waals surface area contributed by atoms with Crippen molar-refractivity contribution in [3.05, 3.63) is 42.2 Å². The van der Waals surface area contributed by atoms with Crippen LogP contribution in [0.2, 0.25) is 0 Å². The van der Waals surface area contributed by atoms with E-state index in [0.29, 0.717) is 11.3 Å². The Morgan fingerprint density at radius 3 is 2.56 bits per heavy atom. The van der Waals surface area contributed by atoms with Crippen LogP contribution >= 0.6 is 0 Å². The van der Waals surface area contributed by atoms with Crippen molar-refractivity contribution in [3.63, 3.8) is 0 Å². The van der Waals surface area contributed by atoms with Gasteiger partial charge in [-0.05, 0) is 39.0 Å². The van der Waals surface area contributed by atoms with Gasteiger partial charge in [0.1, 0.15) is 11.5 Å². The van der Waals surface area contributed by atoms with Gasteiger partial charge in [0.2, 0.25) is 16.0 Å². The first-order valence-electron chi connectivity index (χ1n) is 10.9. The Kier molecular flexibility index (Phi) is 8.07. The zero-order valence-electron chi connectivity index (χ0n) is 20.3. The molecule has 1 atom stereocenters. The Balaban J connectivity index is 2.04. The van der Waals surface area contributed by atoms with E-state index in [1.165, 1.54) is 18.0 Å². The lowest BCUT2D eigenvalue weighted by molar-refractivity contribution is 0.168. The summed E-state index contributed by atoms with van der Waals surface area (Å²) < 4.78 is 61.7. The molecule has 0 unspecified atom stereocenters. The third-order valence-corrected chi connectivity index (χ3v) is 5.52. The molecule has 11 nitrogen and oxygen atoms in total. The summed E-state index contributed by atoms with van der Waals surface area (Å²) in [6, 6.07) is 3.07. The van der Waals surface area contributed by atoms with Crippen LogP contribution in [0.1, 0.15) is 26.8 Å². The summed E-state index contributed by atoms with van der Waals surface area (Å²) >= 11 is 0. The second-order valence-electron chi connectivity index (χ2n) is 8.31. The number of ether oxygens (including phenoxy) is 1. The minimum Gasteiger partial charge on any atom is -0.453 e. The summed E-state index contributed by atoms with van der Waals surface area (Å²) in [6.07, 6.45) is 3.35. The van der Waals surface area contributed by atoms with Crippen molar-refractivity contribution in [1.29, 1.82) is 0 Å². The van der Waals surface area contributed by atoms with E-state index in [2.05, 4.69) is 35.2 Å². The molecule has 0 spiro atoms. The summed E-state index contributed by atoms with van der Waals surface area (Å²) in [5.74, 6) is -1.81. The number of carbonyl (C=O) groups is 1. The summed E-state index contributed by atoms with van der Waals surface area (Å²) in [7, 11) is -2.55. The molecule has 3 rings (SSSR count). The predicted octanol–water partition coefficient (Wildman–Crippen LogP) is 3.39. The normalized spacial score (nSPS) is 12.3. The van der Waals surface area contributed by atoms with E-state index in [9.17, 15) is 17.6 Å². The molecule has 14 heteroatoms. The van der Waals surface area contributed by atoms with Gasteiger partial charge in [-0.25, -0.2) is 32.0 Å². The number of hydrogen-bond acceptors (Lipinski definition) is 8. The second-order valence-corrected chi connectivity index (χ2v) is 10.1. The summed E-state index contributed by atoms with van der Waals surface area (Å²) in [6.45, 7) is 5.72. The molecule has 1 aromatic carbocycles. The van der Waals surface area contributed by atoms with Gasteiger partial charge in [0, 0.05) is 36.6 Å². The third kappa shape index (κ3) is 6.44. The summed E-state index contributed by atoms with van der Waals surface area (Å²) in [4.78, 5) is 19.9. The largest absolute Gasteiger partial charge is 0.453 e. The lowest BCUT2D eigenvalue weighted by Crippen LogP contribution is -2.37. The first-order valence-corrected chi connectivity index (χ1v) is 12.8. The van der Waals surface area contributed by atoms with Crippen LogP contribution in [0.5, 0.6) is 0 Å². The van der Waals surface area contributed by atoms with Crippen LogP contribution in [0.4, 0.5) is 25.2 Å². The molecular formula is C22H27F2N7O4S. The predicted molar refractivity (Wildman–Crippen MR) is 131 cm³/mol. The van der Waals surface area contributed by atoms with Crippen molar-refractivity contribution >= 4 is 27.8 Å². The van der Waals surface area contributed by atoms with Gasteiger partial charge in [0.15, 0.2) is 5.82 Å². The maximum Gasteiger partial charge on any atom is 0.407 e.